The van der Waals surface area contributed by atoms with Gasteiger partial charge in [0.25, 0.3) is 5.91 Å². The van der Waals surface area contributed by atoms with E-state index < -0.39 is 11.9 Å². The molecule has 0 aliphatic carbocycles. The van der Waals surface area contributed by atoms with E-state index in [1.165, 1.54) is 6.07 Å². The first-order chi connectivity index (χ1) is 11.1. The highest BCUT2D eigenvalue weighted by atomic mass is 35.5. The Morgan fingerprint density at radius 1 is 1.17 bits per heavy atom. The molecule has 0 spiro atoms. The highest BCUT2D eigenvalue weighted by Crippen LogP contribution is 2.11. The molecule has 1 N–H and O–H groups in total. The minimum Gasteiger partial charge on any atom is -0.455 e. The Kier molecular flexibility index (Phi) is 5.73. The fourth-order valence-corrected chi connectivity index (χ4v) is 1.96. The zero-order valence-corrected chi connectivity index (χ0v) is 12.8. The molecule has 0 unspecified atom stereocenters. The number of ether oxygens (including phenoxy) is 1. The van der Waals surface area contributed by atoms with Crippen molar-refractivity contribution in [3.05, 3.63) is 64.7 Å². The quantitative estimate of drug-likeness (QED) is 0.856. The standard InChI is InChI=1S/C17H13ClN2O3/c18-14-6-4-12(5-7-14)9-17(22)23-11-16(21)20-15-3-1-2-13(8-15)10-19/h1-8H,9,11H2,(H,20,21). The van der Waals surface area contributed by atoms with Crippen LogP contribution >= 0.6 is 11.6 Å². The van der Waals surface area contributed by atoms with Gasteiger partial charge >= 0.3 is 5.97 Å². The van der Waals surface area contributed by atoms with Crippen LogP contribution in [0.5, 0.6) is 0 Å². The molecule has 2 rings (SSSR count). The Labute approximate surface area is 138 Å². The Balaban J connectivity index is 1.80. The summed E-state index contributed by atoms with van der Waals surface area (Å²) in [4.78, 5) is 23.4. The topological polar surface area (TPSA) is 79.2 Å². The van der Waals surface area contributed by atoms with Crippen LogP contribution in [0.4, 0.5) is 5.69 Å². The number of esters is 1. The number of anilines is 1. The van der Waals surface area contributed by atoms with Crippen LogP contribution in [-0.2, 0) is 20.7 Å². The van der Waals surface area contributed by atoms with E-state index in [4.69, 9.17) is 21.6 Å². The molecule has 0 saturated heterocycles. The number of rotatable bonds is 5. The van der Waals surface area contributed by atoms with Gasteiger partial charge < -0.3 is 10.1 Å². The van der Waals surface area contributed by atoms with Crippen LogP contribution < -0.4 is 5.32 Å². The van der Waals surface area contributed by atoms with Crippen molar-refractivity contribution in [2.75, 3.05) is 11.9 Å². The van der Waals surface area contributed by atoms with Gasteiger partial charge in [-0.05, 0) is 35.9 Å². The van der Waals surface area contributed by atoms with Crippen molar-refractivity contribution < 1.29 is 14.3 Å². The molecule has 6 heteroatoms. The average molecular weight is 329 g/mol. The normalized spacial score (nSPS) is 9.74. The molecule has 0 saturated carbocycles. The summed E-state index contributed by atoms with van der Waals surface area (Å²) in [6.07, 6.45) is 0.0639. The number of hydrogen-bond acceptors (Lipinski definition) is 4. The van der Waals surface area contributed by atoms with E-state index in [1.54, 1.807) is 42.5 Å². The monoisotopic (exact) mass is 328 g/mol. The van der Waals surface area contributed by atoms with Gasteiger partial charge in [-0.15, -0.1) is 0 Å². The molecule has 0 atom stereocenters. The van der Waals surface area contributed by atoms with Crippen molar-refractivity contribution in [2.24, 2.45) is 0 Å². The smallest absolute Gasteiger partial charge is 0.310 e. The Morgan fingerprint density at radius 2 is 1.91 bits per heavy atom. The van der Waals surface area contributed by atoms with Gasteiger partial charge in [0.2, 0.25) is 0 Å². The van der Waals surface area contributed by atoms with Crippen LogP contribution in [0.15, 0.2) is 48.5 Å². The van der Waals surface area contributed by atoms with Crippen molar-refractivity contribution in [1.82, 2.24) is 0 Å². The third-order valence-electron chi connectivity index (χ3n) is 2.90. The van der Waals surface area contributed by atoms with E-state index in [0.717, 1.165) is 5.56 Å². The van der Waals surface area contributed by atoms with Crippen LogP contribution in [-0.4, -0.2) is 18.5 Å². The molecule has 0 aromatic heterocycles. The first kappa shape index (κ1) is 16.5. The summed E-state index contributed by atoms with van der Waals surface area (Å²) in [5, 5.41) is 11.9. The molecule has 116 valence electrons. The number of hydrogen-bond donors (Lipinski definition) is 1. The Hall–Kier alpha value is -2.84. The fourth-order valence-electron chi connectivity index (χ4n) is 1.83. The first-order valence-corrected chi connectivity index (χ1v) is 7.14. The molecule has 2 aromatic rings. The third kappa shape index (κ3) is 5.46. The average Bonchev–Trinajstić information content (AvgIpc) is 2.55. The zero-order valence-electron chi connectivity index (χ0n) is 12.1. The molecular weight excluding hydrogens is 316 g/mol. The number of nitriles is 1. The highest BCUT2D eigenvalue weighted by Gasteiger charge is 2.09. The van der Waals surface area contributed by atoms with E-state index in [9.17, 15) is 9.59 Å². The number of halogens is 1. The maximum Gasteiger partial charge on any atom is 0.310 e. The van der Waals surface area contributed by atoms with E-state index in [2.05, 4.69) is 5.32 Å². The van der Waals surface area contributed by atoms with Crippen LogP contribution in [0.25, 0.3) is 0 Å². The Morgan fingerprint density at radius 3 is 2.61 bits per heavy atom. The Bertz CT molecular complexity index is 751. The van der Waals surface area contributed by atoms with Gasteiger partial charge in [0.05, 0.1) is 18.1 Å². The second-order valence-electron chi connectivity index (χ2n) is 4.70. The number of nitrogens with zero attached hydrogens (tertiary/aromatic N) is 1. The van der Waals surface area contributed by atoms with Crippen molar-refractivity contribution in [3.8, 4) is 6.07 Å². The highest BCUT2D eigenvalue weighted by molar-refractivity contribution is 6.30. The number of amides is 1. The van der Waals surface area contributed by atoms with E-state index in [0.29, 0.717) is 16.3 Å². The lowest BCUT2D eigenvalue weighted by molar-refractivity contribution is -0.146. The molecule has 0 fully saturated rings. The van der Waals surface area contributed by atoms with Gasteiger partial charge in [-0.2, -0.15) is 5.26 Å². The summed E-state index contributed by atoms with van der Waals surface area (Å²) in [6.45, 7) is -0.386. The second kappa shape index (κ2) is 7.97. The third-order valence-corrected chi connectivity index (χ3v) is 3.15. The number of carbonyl (C=O) groups is 2. The summed E-state index contributed by atoms with van der Waals surface area (Å²) in [5.74, 6) is -0.974. The van der Waals surface area contributed by atoms with Gasteiger partial charge in [-0.3, -0.25) is 9.59 Å². The lowest BCUT2D eigenvalue weighted by Crippen LogP contribution is -2.21. The summed E-state index contributed by atoms with van der Waals surface area (Å²) >= 11 is 5.76. The summed E-state index contributed by atoms with van der Waals surface area (Å²) in [7, 11) is 0. The number of carbonyl (C=O) groups excluding carboxylic acids is 2. The van der Waals surface area contributed by atoms with E-state index in [-0.39, 0.29) is 13.0 Å². The summed E-state index contributed by atoms with van der Waals surface area (Å²) < 4.78 is 4.92. The van der Waals surface area contributed by atoms with Gasteiger partial charge in [-0.25, -0.2) is 0 Å². The summed E-state index contributed by atoms with van der Waals surface area (Å²) in [5.41, 5.74) is 1.66. The minimum absolute atomic E-state index is 0.0639. The molecule has 0 aliphatic rings. The molecule has 0 heterocycles. The van der Waals surface area contributed by atoms with Crippen LogP contribution in [0.3, 0.4) is 0 Å². The molecule has 5 nitrogen and oxygen atoms in total. The largest absolute Gasteiger partial charge is 0.455 e. The van der Waals surface area contributed by atoms with Gasteiger partial charge in [0.1, 0.15) is 0 Å². The molecule has 2 aromatic carbocycles. The van der Waals surface area contributed by atoms with E-state index in [1.807, 2.05) is 6.07 Å². The van der Waals surface area contributed by atoms with Crippen LogP contribution in [0.2, 0.25) is 5.02 Å². The lowest BCUT2D eigenvalue weighted by atomic mass is 10.1. The van der Waals surface area contributed by atoms with E-state index >= 15 is 0 Å². The predicted molar refractivity (Wildman–Crippen MR) is 85.9 cm³/mol. The zero-order chi connectivity index (χ0) is 16.7. The summed E-state index contributed by atoms with van der Waals surface area (Å²) in [6, 6.07) is 15.2. The fraction of sp³-hybridized carbons (Fsp3) is 0.118. The maximum absolute atomic E-state index is 11.7. The van der Waals surface area contributed by atoms with Crippen molar-refractivity contribution >= 4 is 29.2 Å². The molecular formula is C17H13ClN2O3. The van der Waals surface area contributed by atoms with Crippen molar-refractivity contribution in [1.29, 1.82) is 5.26 Å². The van der Waals surface area contributed by atoms with Crippen LogP contribution in [0, 0.1) is 11.3 Å². The van der Waals surface area contributed by atoms with Crippen LogP contribution in [0.1, 0.15) is 11.1 Å². The minimum atomic E-state index is -0.506. The molecule has 23 heavy (non-hydrogen) atoms. The predicted octanol–water partition coefficient (Wildman–Crippen LogP) is 2.94. The SMILES string of the molecule is N#Cc1cccc(NC(=O)COC(=O)Cc2ccc(Cl)cc2)c1. The molecule has 0 bridgehead atoms. The molecule has 0 radical (unpaired) electrons. The van der Waals surface area contributed by atoms with Gasteiger partial charge in [0.15, 0.2) is 6.61 Å². The van der Waals surface area contributed by atoms with Crippen molar-refractivity contribution in [2.45, 2.75) is 6.42 Å². The molecule has 1 amide bonds. The first-order valence-electron chi connectivity index (χ1n) is 6.77. The van der Waals surface area contributed by atoms with Gasteiger partial charge in [-0.1, -0.05) is 29.8 Å². The number of nitrogens with one attached hydrogen (secondary N) is 1. The van der Waals surface area contributed by atoms with Gasteiger partial charge in [0, 0.05) is 10.7 Å². The maximum atomic E-state index is 11.7. The second-order valence-corrected chi connectivity index (χ2v) is 5.14. The number of benzene rings is 2. The molecule has 0 aliphatic heterocycles. The van der Waals surface area contributed by atoms with Crippen molar-refractivity contribution in [3.63, 3.8) is 0 Å². The lowest BCUT2D eigenvalue weighted by Gasteiger charge is -2.07.